The van der Waals surface area contributed by atoms with Gasteiger partial charge in [0, 0.05) is 38.6 Å². The molecular formula is C19H32N2O3. The number of rotatable bonds is 2. The van der Waals surface area contributed by atoms with Gasteiger partial charge in [-0.2, -0.15) is 0 Å². The molecule has 2 saturated heterocycles. The van der Waals surface area contributed by atoms with Gasteiger partial charge in [0.05, 0.1) is 0 Å². The number of ether oxygens (including phenoxy) is 1. The Morgan fingerprint density at radius 2 is 2.04 bits per heavy atom. The van der Waals surface area contributed by atoms with Gasteiger partial charge < -0.3 is 15.2 Å². The summed E-state index contributed by atoms with van der Waals surface area (Å²) in [6, 6.07) is 0. The van der Waals surface area contributed by atoms with E-state index < -0.39 is 5.60 Å². The maximum Gasteiger partial charge on any atom is 0.313 e. The molecule has 4 fully saturated rings. The van der Waals surface area contributed by atoms with Crippen LogP contribution in [0.4, 0.5) is 0 Å². The zero-order valence-electron chi connectivity index (χ0n) is 15.1. The van der Waals surface area contributed by atoms with Gasteiger partial charge in [-0.3, -0.25) is 9.69 Å². The SMILES string of the molecule is CC1CCC[C@]2(C)CCC3(O)C(CN4CCNCC4)C(=O)O[C@H]3C12. The summed E-state index contributed by atoms with van der Waals surface area (Å²) in [5.74, 6) is 0.288. The molecule has 6 atom stereocenters. The fourth-order valence-electron chi connectivity index (χ4n) is 6.10. The second-order valence-electron chi connectivity index (χ2n) is 9.00. The fraction of sp³-hybridized carbons (Fsp3) is 0.947. The molecule has 0 amide bonds. The largest absolute Gasteiger partial charge is 0.459 e. The predicted octanol–water partition coefficient (Wildman–Crippen LogP) is 1.40. The molecule has 4 rings (SSSR count). The third-order valence-corrected chi connectivity index (χ3v) is 7.52. The number of fused-ring (bicyclic) bond motifs is 3. The van der Waals surface area contributed by atoms with Crippen molar-refractivity contribution in [2.45, 2.75) is 57.7 Å². The normalized spacial score (nSPS) is 49.4. The van der Waals surface area contributed by atoms with Crippen molar-refractivity contribution in [3.05, 3.63) is 0 Å². The molecule has 2 saturated carbocycles. The highest BCUT2D eigenvalue weighted by Gasteiger charge is 2.65. The van der Waals surface area contributed by atoms with Crippen molar-refractivity contribution in [3.8, 4) is 0 Å². The van der Waals surface area contributed by atoms with Crippen LogP contribution in [-0.2, 0) is 9.53 Å². The van der Waals surface area contributed by atoms with E-state index >= 15 is 0 Å². The Kier molecular flexibility index (Phi) is 4.17. The molecular weight excluding hydrogens is 304 g/mol. The lowest BCUT2D eigenvalue weighted by Crippen LogP contribution is -2.60. The average Bonchev–Trinajstić information content (AvgIpc) is 2.80. The van der Waals surface area contributed by atoms with Gasteiger partial charge in [-0.25, -0.2) is 0 Å². The van der Waals surface area contributed by atoms with Gasteiger partial charge in [0.1, 0.15) is 17.6 Å². The molecule has 0 aromatic heterocycles. The topological polar surface area (TPSA) is 61.8 Å². The number of carbonyl (C=O) groups excluding carboxylic acids is 1. The Labute approximate surface area is 145 Å². The summed E-state index contributed by atoms with van der Waals surface area (Å²) in [5, 5.41) is 14.9. The summed E-state index contributed by atoms with van der Waals surface area (Å²) in [5.41, 5.74) is -0.740. The lowest BCUT2D eigenvalue weighted by atomic mass is 9.52. The molecule has 2 aliphatic carbocycles. The van der Waals surface area contributed by atoms with Crippen molar-refractivity contribution >= 4 is 5.97 Å². The molecule has 4 unspecified atom stereocenters. The zero-order chi connectivity index (χ0) is 16.9. The second-order valence-corrected chi connectivity index (χ2v) is 9.00. The van der Waals surface area contributed by atoms with Crippen molar-refractivity contribution < 1.29 is 14.6 Å². The van der Waals surface area contributed by atoms with Gasteiger partial charge in [-0.05, 0) is 30.6 Å². The van der Waals surface area contributed by atoms with Gasteiger partial charge in [-0.1, -0.05) is 26.7 Å². The standard InChI is InChI=1S/C19H32N2O3/c1-13-4-3-5-18(2)6-7-19(23)14(12-21-10-8-20-9-11-21)17(22)24-16(19)15(13)18/h13-16,20,23H,3-12H2,1-2H3/t13?,14?,15?,16-,18+,19?/m0/s1. The quantitative estimate of drug-likeness (QED) is 0.747. The minimum atomic E-state index is -0.961. The Morgan fingerprint density at radius 1 is 1.29 bits per heavy atom. The smallest absolute Gasteiger partial charge is 0.313 e. The van der Waals surface area contributed by atoms with Crippen LogP contribution in [0.1, 0.15) is 46.0 Å². The fourth-order valence-corrected chi connectivity index (χ4v) is 6.10. The van der Waals surface area contributed by atoms with Crippen LogP contribution >= 0.6 is 0 Å². The molecule has 2 N–H and O–H groups in total. The first-order valence-electron chi connectivity index (χ1n) is 9.80. The Balaban J connectivity index is 1.58. The zero-order valence-corrected chi connectivity index (χ0v) is 15.1. The molecule has 136 valence electrons. The average molecular weight is 336 g/mol. The van der Waals surface area contributed by atoms with E-state index in [2.05, 4.69) is 24.1 Å². The van der Waals surface area contributed by atoms with E-state index in [0.717, 1.165) is 32.6 Å². The third-order valence-electron chi connectivity index (χ3n) is 7.52. The highest BCUT2D eigenvalue weighted by atomic mass is 16.6. The number of nitrogens with zero attached hydrogens (tertiary/aromatic N) is 1. The highest BCUT2D eigenvalue weighted by Crippen LogP contribution is 2.59. The lowest BCUT2D eigenvalue weighted by Gasteiger charge is -2.55. The summed E-state index contributed by atoms with van der Waals surface area (Å²) in [6.45, 7) is 9.09. The van der Waals surface area contributed by atoms with Crippen LogP contribution in [-0.4, -0.2) is 60.4 Å². The summed E-state index contributed by atoms with van der Waals surface area (Å²) in [4.78, 5) is 15.0. The molecule has 2 aliphatic heterocycles. The number of aliphatic hydroxyl groups is 1. The molecule has 24 heavy (non-hydrogen) atoms. The molecule has 5 nitrogen and oxygen atoms in total. The molecule has 0 bridgehead atoms. The molecule has 4 aliphatic rings. The summed E-state index contributed by atoms with van der Waals surface area (Å²) < 4.78 is 5.90. The van der Waals surface area contributed by atoms with Gasteiger partial charge >= 0.3 is 5.97 Å². The number of hydrogen-bond acceptors (Lipinski definition) is 5. The Hall–Kier alpha value is -0.650. The van der Waals surface area contributed by atoms with E-state index in [4.69, 9.17) is 4.74 Å². The number of hydrogen-bond donors (Lipinski definition) is 2. The minimum absolute atomic E-state index is 0.164. The summed E-state index contributed by atoms with van der Waals surface area (Å²) in [6.07, 6.45) is 5.08. The minimum Gasteiger partial charge on any atom is -0.459 e. The first-order chi connectivity index (χ1) is 11.4. The van der Waals surface area contributed by atoms with E-state index in [1.165, 1.54) is 19.3 Å². The van der Waals surface area contributed by atoms with Crippen LogP contribution in [0.5, 0.6) is 0 Å². The van der Waals surface area contributed by atoms with Crippen LogP contribution in [0, 0.1) is 23.2 Å². The maximum atomic E-state index is 12.7. The molecule has 0 aromatic carbocycles. The maximum absolute atomic E-state index is 12.7. The number of piperazine rings is 1. The van der Waals surface area contributed by atoms with E-state index in [1.54, 1.807) is 0 Å². The van der Waals surface area contributed by atoms with Crippen LogP contribution in [0.25, 0.3) is 0 Å². The van der Waals surface area contributed by atoms with Gasteiger partial charge in [0.2, 0.25) is 0 Å². The van der Waals surface area contributed by atoms with Crippen molar-refractivity contribution in [1.82, 2.24) is 10.2 Å². The van der Waals surface area contributed by atoms with E-state index in [-0.39, 0.29) is 23.4 Å². The summed E-state index contributed by atoms with van der Waals surface area (Å²) in [7, 11) is 0. The van der Waals surface area contributed by atoms with Crippen molar-refractivity contribution in [2.24, 2.45) is 23.2 Å². The van der Waals surface area contributed by atoms with Crippen LogP contribution < -0.4 is 5.32 Å². The van der Waals surface area contributed by atoms with Gasteiger partial charge in [-0.15, -0.1) is 0 Å². The lowest BCUT2D eigenvalue weighted by molar-refractivity contribution is -0.176. The van der Waals surface area contributed by atoms with Gasteiger partial charge in [0.25, 0.3) is 0 Å². The monoisotopic (exact) mass is 336 g/mol. The van der Waals surface area contributed by atoms with Crippen LogP contribution in [0.15, 0.2) is 0 Å². The number of nitrogens with one attached hydrogen (secondary N) is 1. The van der Waals surface area contributed by atoms with Crippen LogP contribution in [0.3, 0.4) is 0 Å². The predicted molar refractivity (Wildman–Crippen MR) is 91.5 cm³/mol. The van der Waals surface area contributed by atoms with Crippen molar-refractivity contribution in [1.29, 1.82) is 0 Å². The molecule has 0 radical (unpaired) electrons. The summed E-state index contributed by atoms with van der Waals surface area (Å²) >= 11 is 0. The Bertz CT molecular complexity index is 507. The van der Waals surface area contributed by atoms with E-state index in [1.807, 2.05) is 0 Å². The van der Waals surface area contributed by atoms with Crippen molar-refractivity contribution in [3.63, 3.8) is 0 Å². The second kappa shape index (κ2) is 5.96. The molecule has 0 spiro atoms. The molecule has 5 heteroatoms. The van der Waals surface area contributed by atoms with E-state index in [9.17, 15) is 9.90 Å². The van der Waals surface area contributed by atoms with Gasteiger partial charge in [0.15, 0.2) is 0 Å². The first kappa shape index (κ1) is 16.8. The Morgan fingerprint density at radius 3 is 2.79 bits per heavy atom. The van der Waals surface area contributed by atoms with E-state index in [0.29, 0.717) is 24.8 Å². The highest BCUT2D eigenvalue weighted by molar-refractivity contribution is 5.77. The van der Waals surface area contributed by atoms with Crippen LogP contribution in [0.2, 0.25) is 0 Å². The third kappa shape index (κ3) is 2.51. The number of carbonyl (C=O) groups is 1. The molecule has 2 heterocycles. The molecule has 0 aromatic rings. The number of esters is 1. The van der Waals surface area contributed by atoms with Crippen molar-refractivity contribution in [2.75, 3.05) is 32.7 Å². The first-order valence-corrected chi connectivity index (χ1v) is 9.80.